The normalized spacial score (nSPS) is 21.4. The van der Waals surface area contributed by atoms with Crippen LogP contribution in [-0.2, 0) is 6.54 Å². The van der Waals surface area contributed by atoms with E-state index in [0.29, 0.717) is 12.5 Å². The molecule has 2 amide bonds. The zero-order valence-corrected chi connectivity index (χ0v) is 14.2. The largest absolute Gasteiger partial charge is 0.396 e. The van der Waals surface area contributed by atoms with Gasteiger partial charge in [0.25, 0.3) is 0 Å². The molecule has 0 unspecified atom stereocenters. The molecule has 1 fully saturated rings. The molecule has 1 aromatic rings. The van der Waals surface area contributed by atoms with Crippen LogP contribution in [0.2, 0.25) is 0 Å². The fourth-order valence-corrected chi connectivity index (χ4v) is 3.61. The molecule has 122 valence electrons. The molecule has 1 aliphatic rings. The Morgan fingerprint density at radius 1 is 1.32 bits per heavy atom. The Morgan fingerprint density at radius 2 is 2.05 bits per heavy atom. The van der Waals surface area contributed by atoms with Crippen LogP contribution in [0.25, 0.3) is 0 Å². The maximum absolute atomic E-state index is 12.0. The quantitative estimate of drug-likeness (QED) is 0.730. The Morgan fingerprint density at radius 3 is 2.68 bits per heavy atom. The first-order chi connectivity index (χ1) is 10.6. The van der Waals surface area contributed by atoms with E-state index < -0.39 is 0 Å². The van der Waals surface area contributed by atoms with Gasteiger partial charge in [-0.15, -0.1) is 11.8 Å². The fourth-order valence-electron chi connectivity index (χ4n) is 2.90. The van der Waals surface area contributed by atoms with Gasteiger partial charge < -0.3 is 15.7 Å². The average Bonchev–Trinajstić information content (AvgIpc) is 2.54. The zero-order valence-electron chi connectivity index (χ0n) is 13.4. The Balaban J connectivity index is 1.78. The van der Waals surface area contributed by atoms with Gasteiger partial charge in [-0.2, -0.15) is 0 Å². The number of amides is 2. The number of carbonyl (C=O) groups excluding carboxylic acids is 1. The van der Waals surface area contributed by atoms with Gasteiger partial charge in [0, 0.05) is 24.1 Å². The summed E-state index contributed by atoms with van der Waals surface area (Å²) in [6.07, 6.45) is 5.96. The second-order valence-electron chi connectivity index (χ2n) is 6.04. The molecule has 0 heterocycles. The van der Waals surface area contributed by atoms with Crippen molar-refractivity contribution in [3.8, 4) is 0 Å². The standard InChI is InChI=1S/C17H26N2O2S/c1-12-3-6-14(16(9-12)22-2)10-18-17(21)19-15-7-4-13(11-20)5-8-15/h3,6,9,13,15,20H,4-5,7-8,10-11H2,1-2H3,(H2,18,19,21). The molecule has 0 spiro atoms. The molecule has 0 radical (unpaired) electrons. The number of benzene rings is 1. The van der Waals surface area contributed by atoms with Gasteiger partial charge in [0.05, 0.1) is 0 Å². The van der Waals surface area contributed by atoms with Crippen LogP contribution in [-0.4, -0.2) is 30.0 Å². The number of carbonyl (C=O) groups is 1. The molecule has 3 N–H and O–H groups in total. The highest BCUT2D eigenvalue weighted by atomic mass is 32.2. The summed E-state index contributed by atoms with van der Waals surface area (Å²) in [5, 5.41) is 15.1. The Bertz CT molecular complexity index is 499. The second-order valence-corrected chi connectivity index (χ2v) is 6.89. The van der Waals surface area contributed by atoms with Gasteiger partial charge in [0.2, 0.25) is 0 Å². The lowest BCUT2D eigenvalue weighted by molar-refractivity contribution is 0.174. The number of hydrogen-bond acceptors (Lipinski definition) is 3. The molecular formula is C17H26N2O2S. The van der Waals surface area contributed by atoms with Crippen molar-refractivity contribution in [3.63, 3.8) is 0 Å². The van der Waals surface area contributed by atoms with E-state index in [1.54, 1.807) is 11.8 Å². The summed E-state index contributed by atoms with van der Waals surface area (Å²) in [5.74, 6) is 0.415. The molecule has 4 nitrogen and oxygen atoms in total. The van der Waals surface area contributed by atoms with Crippen molar-refractivity contribution >= 4 is 17.8 Å². The first kappa shape index (κ1) is 17.2. The summed E-state index contributed by atoms with van der Waals surface area (Å²) >= 11 is 1.70. The summed E-state index contributed by atoms with van der Waals surface area (Å²) in [5.41, 5.74) is 2.38. The van der Waals surface area contributed by atoms with Crippen molar-refractivity contribution in [1.82, 2.24) is 10.6 Å². The molecule has 0 aliphatic heterocycles. The second kappa shape index (κ2) is 8.44. The van der Waals surface area contributed by atoms with Gasteiger partial charge >= 0.3 is 6.03 Å². The molecule has 1 aromatic carbocycles. The highest BCUT2D eigenvalue weighted by Crippen LogP contribution is 2.24. The number of thioether (sulfide) groups is 1. The maximum atomic E-state index is 12.0. The van der Waals surface area contributed by atoms with E-state index >= 15 is 0 Å². The van der Waals surface area contributed by atoms with Crippen LogP contribution in [0.15, 0.2) is 23.1 Å². The lowest BCUT2D eigenvalue weighted by atomic mass is 9.87. The van der Waals surface area contributed by atoms with Crippen molar-refractivity contribution in [2.24, 2.45) is 5.92 Å². The minimum Gasteiger partial charge on any atom is -0.396 e. The van der Waals surface area contributed by atoms with Crippen LogP contribution in [0.3, 0.4) is 0 Å². The molecule has 0 atom stereocenters. The summed E-state index contributed by atoms with van der Waals surface area (Å²) in [4.78, 5) is 13.2. The third-order valence-electron chi connectivity index (χ3n) is 4.32. The van der Waals surface area contributed by atoms with Crippen LogP contribution in [0, 0.1) is 12.8 Å². The number of rotatable bonds is 5. The SMILES string of the molecule is CSc1cc(C)ccc1CNC(=O)NC1CCC(CO)CC1. The molecule has 0 bridgehead atoms. The first-order valence-corrected chi connectivity index (χ1v) is 9.13. The third-order valence-corrected chi connectivity index (χ3v) is 5.14. The fraction of sp³-hybridized carbons (Fsp3) is 0.588. The number of urea groups is 1. The topological polar surface area (TPSA) is 61.4 Å². The zero-order chi connectivity index (χ0) is 15.9. The highest BCUT2D eigenvalue weighted by Gasteiger charge is 2.21. The molecule has 0 aromatic heterocycles. The lowest BCUT2D eigenvalue weighted by Gasteiger charge is -2.28. The van der Waals surface area contributed by atoms with Gasteiger partial charge in [-0.3, -0.25) is 0 Å². The molecular weight excluding hydrogens is 296 g/mol. The van der Waals surface area contributed by atoms with Crippen molar-refractivity contribution in [2.75, 3.05) is 12.9 Å². The van der Waals surface area contributed by atoms with E-state index in [1.165, 1.54) is 10.5 Å². The number of hydrogen-bond donors (Lipinski definition) is 3. The molecule has 2 rings (SSSR count). The predicted octanol–water partition coefficient (Wildman–Crippen LogP) is 3.07. The van der Waals surface area contributed by atoms with Crippen LogP contribution >= 0.6 is 11.8 Å². The van der Waals surface area contributed by atoms with Gasteiger partial charge in [0.1, 0.15) is 0 Å². The van der Waals surface area contributed by atoms with Gasteiger partial charge in [-0.05, 0) is 62.0 Å². The maximum Gasteiger partial charge on any atom is 0.315 e. The average molecular weight is 322 g/mol. The number of aryl methyl sites for hydroxylation is 1. The Labute approximate surface area is 137 Å². The van der Waals surface area contributed by atoms with E-state index in [-0.39, 0.29) is 18.7 Å². The molecule has 5 heteroatoms. The van der Waals surface area contributed by atoms with E-state index in [9.17, 15) is 4.79 Å². The van der Waals surface area contributed by atoms with E-state index in [2.05, 4.69) is 42.0 Å². The van der Waals surface area contributed by atoms with Crippen molar-refractivity contribution < 1.29 is 9.90 Å². The van der Waals surface area contributed by atoms with Crippen LogP contribution in [0.4, 0.5) is 4.79 Å². The smallest absolute Gasteiger partial charge is 0.315 e. The molecule has 1 saturated carbocycles. The number of aliphatic hydroxyl groups is 1. The van der Waals surface area contributed by atoms with Crippen molar-refractivity contribution in [1.29, 1.82) is 0 Å². The monoisotopic (exact) mass is 322 g/mol. The van der Waals surface area contributed by atoms with Gasteiger partial charge in [-0.1, -0.05) is 12.1 Å². The first-order valence-electron chi connectivity index (χ1n) is 7.91. The Hall–Kier alpha value is -1.20. The number of nitrogens with one attached hydrogen (secondary N) is 2. The van der Waals surface area contributed by atoms with E-state index in [4.69, 9.17) is 5.11 Å². The highest BCUT2D eigenvalue weighted by molar-refractivity contribution is 7.98. The van der Waals surface area contributed by atoms with Gasteiger partial charge in [-0.25, -0.2) is 4.79 Å². The lowest BCUT2D eigenvalue weighted by Crippen LogP contribution is -2.43. The van der Waals surface area contributed by atoms with E-state index in [1.807, 2.05) is 0 Å². The van der Waals surface area contributed by atoms with Crippen molar-refractivity contribution in [2.45, 2.75) is 50.1 Å². The minimum absolute atomic E-state index is 0.0972. The third kappa shape index (κ3) is 4.92. The Kier molecular flexibility index (Phi) is 6.58. The summed E-state index contributed by atoms with van der Waals surface area (Å²) in [6, 6.07) is 6.44. The minimum atomic E-state index is -0.0972. The van der Waals surface area contributed by atoms with Crippen LogP contribution < -0.4 is 10.6 Å². The molecule has 0 saturated heterocycles. The predicted molar refractivity (Wildman–Crippen MR) is 91.2 cm³/mol. The molecule has 1 aliphatic carbocycles. The van der Waals surface area contributed by atoms with Gasteiger partial charge in [0.15, 0.2) is 0 Å². The van der Waals surface area contributed by atoms with Crippen LogP contribution in [0.5, 0.6) is 0 Å². The number of aliphatic hydroxyl groups excluding tert-OH is 1. The van der Waals surface area contributed by atoms with E-state index in [0.717, 1.165) is 31.2 Å². The summed E-state index contributed by atoms with van der Waals surface area (Å²) < 4.78 is 0. The summed E-state index contributed by atoms with van der Waals surface area (Å²) in [7, 11) is 0. The van der Waals surface area contributed by atoms with Crippen molar-refractivity contribution in [3.05, 3.63) is 29.3 Å². The molecule has 22 heavy (non-hydrogen) atoms. The summed E-state index contributed by atoms with van der Waals surface area (Å²) in [6.45, 7) is 2.89. The van der Waals surface area contributed by atoms with Crippen LogP contribution in [0.1, 0.15) is 36.8 Å².